The number of hydrogen-bond acceptors (Lipinski definition) is 8. The molecule has 0 spiro atoms. The summed E-state index contributed by atoms with van der Waals surface area (Å²) < 4.78 is 38.8. The molecule has 2 aromatic carbocycles. The zero-order valence-corrected chi connectivity index (χ0v) is 27.6. The number of hydrogen-bond donors (Lipinski definition) is 2. The van der Waals surface area contributed by atoms with Crippen molar-refractivity contribution in [3.05, 3.63) is 46.3 Å². The van der Waals surface area contributed by atoms with Crippen molar-refractivity contribution in [3.63, 3.8) is 0 Å². The van der Waals surface area contributed by atoms with E-state index in [4.69, 9.17) is 34.7 Å². The predicted molar refractivity (Wildman–Crippen MR) is 172 cm³/mol. The highest BCUT2D eigenvalue weighted by Gasteiger charge is 2.33. The van der Waals surface area contributed by atoms with Gasteiger partial charge >= 0.3 is 5.97 Å². The molecule has 0 atom stereocenters. The molecule has 0 bridgehead atoms. The van der Waals surface area contributed by atoms with Crippen molar-refractivity contribution in [2.75, 3.05) is 33.0 Å². The van der Waals surface area contributed by atoms with Crippen LogP contribution < -0.4 is 18.9 Å². The molecule has 2 aromatic rings. The SMILES string of the molecule is CCOc1cc2c(c(F)c1OCC)C(=N)N(CC(=O)CCc1cc(OCCCC#N)c(OCCCCC(=O)O)c(C(C)(C)C)c1)C2. The molecule has 0 saturated heterocycles. The maximum absolute atomic E-state index is 15.4. The number of carbonyl (C=O) groups excluding carboxylic acids is 1. The lowest BCUT2D eigenvalue weighted by molar-refractivity contribution is -0.137. The first-order chi connectivity index (χ1) is 21.9. The van der Waals surface area contributed by atoms with Gasteiger partial charge in [-0.05, 0) is 68.2 Å². The summed E-state index contributed by atoms with van der Waals surface area (Å²) in [6, 6.07) is 7.67. The monoisotopic (exact) mass is 639 g/mol. The van der Waals surface area contributed by atoms with E-state index in [1.54, 1.807) is 24.8 Å². The van der Waals surface area contributed by atoms with Gasteiger partial charge in [0, 0.05) is 31.4 Å². The minimum absolute atomic E-state index is 0.0194. The third-order valence-electron chi connectivity index (χ3n) is 7.48. The number of nitrogens with zero attached hydrogens (tertiary/aromatic N) is 2. The van der Waals surface area contributed by atoms with Gasteiger partial charge in [-0.25, -0.2) is 4.39 Å². The molecule has 0 aromatic heterocycles. The number of Topliss-reactive ketones (excluding diaryl/α,β-unsaturated/α-hetero) is 1. The maximum atomic E-state index is 15.4. The van der Waals surface area contributed by atoms with Crippen LogP contribution >= 0.6 is 0 Å². The Morgan fingerprint density at radius 2 is 1.67 bits per heavy atom. The molecule has 2 N–H and O–H groups in total. The quantitative estimate of drug-likeness (QED) is 0.163. The number of aryl methyl sites for hydroxylation is 1. The molecule has 11 heteroatoms. The molecule has 0 saturated carbocycles. The molecule has 1 aliphatic heterocycles. The number of carbonyl (C=O) groups is 2. The molecular weight excluding hydrogens is 593 g/mol. The van der Waals surface area contributed by atoms with Crippen LogP contribution in [0.1, 0.15) is 95.4 Å². The molecule has 0 unspecified atom stereocenters. The number of ketones is 1. The number of aliphatic carboxylic acids is 1. The molecule has 0 aliphatic carbocycles. The number of carboxylic acids is 1. The highest BCUT2D eigenvalue weighted by molar-refractivity contribution is 6.03. The number of rotatable bonds is 19. The summed E-state index contributed by atoms with van der Waals surface area (Å²) in [6.07, 6.45) is 2.65. The summed E-state index contributed by atoms with van der Waals surface area (Å²) in [5.74, 6) is -0.280. The largest absolute Gasteiger partial charge is 0.490 e. The maximum Gasteiger partial charge on any atom is 0.303 e. The molecule has 46 heavy (non-hydrogen) atoms. The number of ether oxygens (including phenoxy) is 4. The summed E-state index contributed by atoms with van der Waals surface area (Å²) in [5.41, 5.74) is 2.15. The van der Waals surface area contributed by atoms with Gasteiger partial charge in [0.1, 0.15) is 5.84 Å². The lowest BCUT2D eigenvalue weighted by Crippen LogP contribution is -2.30. The Morgan fingerprint density at radius 3 is 2.33 bits per heavy atom. The van der Waals surface area contributed by atoms with Crippen LogP contribution in [-0.2, 0) is 28.0 Å². The average Bonchev–Trinajstić information content (AvgIpc) is 3.30. The summed E-state index contributed by atoms with van der Waals surface area (Å²) in [7, 11) is 0. The Morgan fingerprint density at radius 1 is 0.978 bits per heavy atom. The minimum atomic E-state index is -0.847. The second-order valence-electron chi connectivity index (χ2n) is 12.2. The normalized spacial score (nSPS) is 12.5. The van der Waals surface area contributed by atoms with Crippen molar-refractivity contribution in [1.82, 2.24) is 4.90 Å². The molecule has 1 aliphatic rings. The van der Waals surface area contributed by atoms with Crippen LogP contribution in [0.15, 0.2) is 18.2 Å². The molecule has 0 fully saturated rings. The molecule has 250 valence electrons. The Labute approximate surface area is 270 Å². The molecule has 10 nitrogen and oxygen atoms in total. The smallest absolute Gasteiger partial charge is 0.303 e. The van der Waals surface area contributed by atoms with E-state index in [0.717, 1.165) is 11.1 Å². The Bertz CT molecular complexity index is 1450. The zero-order valence-electron chi connectivity index (χ0n) is 27.6. The first-order valence-electron chi connectivity index (χ1n) is 15.9. The van der Waals surface area contributed by atoms with E-state index in [-0.39, 0.29) is 66.6 Å². The summed E-state index contributed by atoms with van der Waals surface area (Å²) in [5, 5.41) is 26.5. The fourth-order valence-corrected chi connectivity index (χ4v) is 5.24. The Balaban J connectivity index is 1.76. The zero-order chi connectivity index (χ0) is 33.9. The number of nitrogens with one attached hydrogen (secondary N) is 1. The summed E-state index contributed by atoms with van der Waals surface area (Å²) in [4.78, 5) is 25.7. The van der Waals surface area contributed by atoms with Gasteiger partial charge in [0.2, 0.25) is 0 Å². The van der Waals surface area contributed by atoms with E-state index in [2.05, 4.69) is 26.8 Å². The number of unbranched alkanes of at least 4 members (excludes halogenated alkanes) is 2. The molecule has 0 amide bonds. The summed E-state index contributed by atoms with van der Waals surface area (Å²) >= 11 is 0. The molecule has 0 radical (unpaired) electrons. The van der Waals surface area contributed by atoms with Gasteiger partial charge in [-0.3, -0.25) is 15.0 Å². The highest BCUT2D eigenvalue weighted by atomic mass is 19.1. The Hall–Kier alpha value is -4.33. The number of benzene rings is 2. The van der Waals surface area contributed by atoms with E-state index in [1.807, 2.05) is 12.1 Å². The van der Waals surface area contributed by atoms with E-state index in [0.29, 0.717) is 69.0 Å². The Kier molecular flexibility index (Phi) is 13.2. The van der Waals surface area contributed by atoms with Crippen LogP contribution in [0.5, 0.6) is 23.0 Å². The van der Waals surface area contributed by atoms with Crippen molar-refractivity contribution < 1.29 is 38.0 Å². The third-order valence-corrected chi connectivity index (χ3v) is 7.48. The lowest BCUT2D eigenvalue weighted by atomic mass is 9.84. The number of halogens is 1. The number of fused-ring (bicyclic) bond motifs is 1. The van der Waals surface area contributed by atoms with Crippen LogP contribution in [0.25, 0.3) is 0 Å². The van der Waals surface area contributed by atoms with E-state index < -0.39 is 11.8 Å². The van der Waals surface area contributed by atoms with Crippen molar-refractivity contribution in [2.24, 2.45) is 0 Å². The number of carboxylic acid groups (broad SMARTS) is 1. The van der Waals surface area contributed by atoms with Crippen molar-refractivity contribution in [3.8, 4) is 29.1 Å². The van der Waals surface area contributed by atoms with Gasteiger partial charge in [-0.15, -0.1) is 0 Å². The fourth-order valence-electron chi connectivity index (χ4n) is 5.24. The number of nitriles is 1. The predicted octanol–water partition coefficient (Wildman–Crippen LogP) is 6.58. The van der Waals surface area contributed by atoms with Crippen LogP contribution in [0, 0.1) is 22.6 Å². The van der Waals surface area contributed by atoms with Gasteiger partial charge in [0.25, 0.3) is 0 Å². The van der Waals surface area contributed by atoms with E-state index >= 15 is 4.39 Å². The highest BCUT2D eigenvalue weighted by Crippen LogP contribution is 2.41. The van der Waals surface area contributed by atoms with Crippen LogP contribution in [-0.4, -0.2) is 60.6 Å². The molecular formula is C35H46FN3O7. The van der Waals surface area contributed by atoms with Gasteiger partial charge < -0.3 is 29.0 Å². The second kappa shape index (κ2) is 16.8. The van der Waals surface area contributed by atoms with Crippen molar-refractivity contribution >= 4 is 17.6 Å². The first kappa shape index (κ1) is 36.1. The van der Waals surface area contributed by atoms with Gasteiger partial charge in [0.15, 0.2) is 34.6 Å². The second-order valence-corrected chi connectivity index (χ2v) is 12.2. The van der Waals surface area contributed by atoms with Gasteiger partial charge in [-0.2, -0.15) is 5.26 Å². The average molecular weight is 640 g/mol. The van der Waals surface area contributed by atoms with Gasteiger partial charge in [-0.1, -0.05) is 26.8 Å². The topological polar surface area (TPSA) is 142 Å². The molecule has 1 heterocycles. The standard InChI is InChI=1S/C35H46FN3O7/c1-6-43-28-20-24-21-39(34(38)30(24)31(36)33(28)44-7-2)22-25(40)14-13-23-18-26(35(3,4)5)32(46-17-10-8-12-29(41)42)27(19-23)45-16-11-9-15-37/h18-20,38H,6-14,16-17,21-22H2,1-5H3,(H,41,42). The van der Waals surface area contributed by atoms with Crippen molar-refractivity contribution in [1.29, 1.82) is 10.7 Å². The van der Waals surface area contributed by atoms with E-state index in [1.165, 1.54) is 0 Å². The lowest BCUT2D eigenvalue weighted by Gasteiger charge is -2.26. The van der Waals surface area contributed by atoms with Crippen LogP contribution in [0.3, 0.4) is 0 Å². The number of amidine groups is 1. The van der Waals surface area contributed by atoms with Gasteiger partial charge in [0.05, 0.1) is 44.6 Å². The first-order valence-corrected chi connectivity index (χ1v) is 15.9. The molecule has 3 rings (SSSR count). The fraction of sp³-hybridized carbons (Fsp3) is 0.543. The van der Waals surface area contributed by atoms with Crippen molar-refractivity contribution in [2.45, 2.75) is 91.5 Å². The van der Waals surface area contributed by atoms with Crippen LogP contribution in [0.4, 0.5) is 4.39 Å². The third kappa shape index (κ3) is 9.59. The summed E-state index contributed by atoms with van der Waals surface area (Å²) in [6.45, 7) is 11.1. The minimum Gasteiger partial charge on any atom is -0.490 e. The van der Waals surface area contributed by atoms with E-state index in [9.17, 15) is 9.59 Å². The van der Waals surface area contributed by atoms with Crippen LogP contribution in [0.2, 0.25) is 0 Å².